The summed E-state index contributed by atoms with van der Waals surface area (Å²) in [4.78, 5) is 2.34. The predicted molar refractivity (Wildman–Crippen MR) is 77.0 cm³/mol. The van der Waals surface area contributed by atoms with Crippen LogP contribution >= 0.6 is 15.9 Å². The molecule has 0 spiro atoms. The van der Waals surface area contributed by atoms with Gasteiger partial charge in [0.15, 0.2) is 0 Å². The number of nitrogens with zero attached hydrogens (tertiary/aromatic N) is 1. The van der Waals surface area contributed by atoms with Crippen molar-refractivity contribution in [3.8, 4) is 0 Å². The van der Waals surface area contributed by atoms with Crippen LogP contribution in [0.15, 0.2) is 33.2 Å². The average Bonchev–Trinajstić information content (AvgIpc) is 2.83. The molecule has 3 aliphatic rings. The zero-order chi connectivity index (χ0) is 13.0. The normalized spacial score (nSPS) is 34.0. The number of benzene rings is 1. The quantitative estimate of drug-likeness (QED) is 0.876. The van der Waals surface area contributed by atoms with Gasteiger partial charge >= 0.3 is 0 Å². The van der Waals surface area contributed by atoms with Gasteiger partial charge in [0.1, 0.15) is 16.9 Å². The Hall–Kier alpha value is -0.840. The van der Waals surface area contributed by atoms with Crippen LogP contribution in [0.25, 0.3) is 11.0 Å². The molecule has 0 aliphatic carbocycles. The van der Waals surface area contributed by atoms with Crippen molar-refractivity contribution >= 4 is 26.9 Å². The second-order valence-corrected chi connectivity index (χ2v) is 6.68. The molecule has 3 fully saturated rings. The summed E-state index contributed by atoms with van der Waals surface area (Å²) in [5, 5.41) is 12.1. The molecule has 0 saturated carbocycles. The van der Waals surface area contributed by atoms with Gasteiger partial charge in [0.05, 0.1) is 0 Å². The molecule has 4 heteroatoms. The van der Waals surface area contributed by atoms with Crippen LogP contribution in [0.4, 0.5) is 0 Å². The Balaban J connectivity index is 1.81. The molecule has 1 N–H and O–H groups in total. The summed E-state index contributed by atoms with van der Waals surface area (Å²) in [6.45, 7) is 2.93. The van der Waals surface area contributed by atoms with Gasteiger partial charge < -0.3 is 9.52 Å². The third kappa shape index (κ3) is 1.77. The molecule has 100 valence electrons. The molecule has 0 amide bonds. The van der Waals surface area contributed by atoms with Gasteiger partial charge in [0.25, 0.3) is 0 Å². The van der Waals surface area contributed by atoms with Crippen molar-refractivity contribution in [2.24, 2.45) is 5.92 Å². The van der Waals surface area contributed by atoms with Gasteiger partial charge in [-0.15, -0.1) is 0 Å². The van der Waals surface area contributed by atoms with Gasteiger partial charge in [-0.3, -0.25) is 4.90 Å². The largest absolute Gasteiger partial charge is 0.458 e. The maximum Gasteiger partial charge on any atom is 0.138 e. The first-order valence-electron chi connectivity index (χ1n) is 6.79. The van der Waals surface area contributed by atoms with E-state index in [0.717, 1.165) is 47.1 Å². The monoisotopic (exact) mass is 321 g/mol. The highest BCUT2D eigenvalue weighted by Crippen LogP contribution is 2.44. The van der Waals surface area contributed by atoms with E-state index < -0.39 is 5.60 Å². The number of furan rings is 1. The molecule has 3 aliphatic heterocycles. The van der Waals surface area contributed by atoms with Crippen LogP contribution in [0, 0.1) is 5.92 Å². The second kappa shape index (κ2) is 4.08. The van der Waals surface area contributed by atoms with Crippen LogP contribution < -0.4 is 0 Å². The van der Waals surface area contributed by atoms with Crippen molar-refractivity contribution in [3.05, 3.63) is 34.5 Å². The lowest BCUT2D eigenvalue weighted by molar-refractivity contribution is -0.128. The number of piperidine rings is 3. The van der Waals surface area contributed by atoms with E-state index in [0.29, 0.717) is 12.5 Å². The number of fused-ring (bicyclic) bond motifs is 4. The molecule has 0 radical (unpaired) electrons. The number of halogens is 1. The van der Waals surface area contributed by atoms with Crippen LogP contribution in [-0.4, -0.2) is 29.6 Å². The van der Waals surface area contributed by atoms with Crippen LogP contribution in [0.2, 0.25) is 0 Å². The van der Waals surface area contributed by atoms with E-state index in [1.807, 2.05) is 24.3 Å². The maximum absolute atomic E-state index is 11.1. The van der Waals surface area contributed by atoms with Gasteiger partial charge in [-0.1, -0.05) is 15.9 Å². The fourth-order valence-electron chi connectivity index (χ4n) is 3.55. The van der Waals surface area contributed by atoms with Crippen LogP contribution in [0.3, 0.4) is 0 Å². The number of hydrogen-bond acceptors (Lipinski definition) is 3. The molecule has 3 saturated heterocycles. The highest BCUT2D eigenvalue weighted by atomic mass is 79.9. The Bertz CT molecular complexity index is 630. The number of hydrogen-bond donors (Lipinski definition) is 1. The summed E-state index contributed by atoms with van der Waals surface area (Å²) < 4.78 is 6.96. The minimum absolute atomic E-state index is 0.335. The SMILES string of the molecule is OC1(c2cc3cc(Br)ccc3o2)CN2CCC1CC2. The summed E-state index contributed by atoms with van der Waals surface area (Å²) in [5.74, 6) is 1.07. The van der Waals surface area contributed by atoms with E-state index in [2.05, 4.69) is 20.8 Å². The molecular formula is C15H16BrNO2. The summed E-state index contributed by atoms with van der Waals surface area (Å²) >= 11 is 3.47. The topological polar surface area (TPSA) is 36.6 Å². The molecule has 19 heavy (non-hydrogen) atoms. The maximum atomic E-state index is 11.1. The Kier molecular flexibility index (Phi) is 2.56. The van der Waals surface area contributed by atoms with Crippen molar-refractivity contribution in [3.63, 3.8) is 0 Å². The highest BCUT2D eigenvalue weighted by molar-refractivity contribution is 9.10. The number of rotatable bonds is 1. The smallest absolute Gasteiger partial charge is 0.138 e. The predicted octanol–water partition coefficient (Wildman–Crippen LogP) is 3.11. The summed E-state index contributed by atoms with van der Waals surface area (Å²) in [6.07, 6.45) is 2.13. The van der Waals surface area contributed by atoms with Gasteiger partial charge in [0, 0.05) is 16.4 Å². The Morgan fingerprint density at radius 3 is 2.74 bits per heavy atom. The van der Waals surface area contributed by atoms with Gasteiger partial charge in [-0.2, -0.15) is 0 Å². The van der Waals surface area contributed by atoms with E-state index in [-0.39, 0.29) is 0 Å². The molecule has 4 heterocycles. The van der Waals surface area contributed by atoms with E-state index in [9.17, 15) is 5.11 Å². The lowest BCUT2D eigenvalue weighted by Crippen LogP contribution is -2.56. The molecule has 1 aromatic heterocycles. The zero-order valence-corrected chi connectivity index (χ0v) is 12.2. The Labute approximate surface area is 120 Å². The van der Waals surface area contributed by atoms with Crippen molar-refractivity contribution in [1.29, 1.82) is 0 Å². The minimum atomic E-state index is -0.804. The molecule has 1 unspecified atom stereocenters. The lowest BCUT2D eigenvalue weighted by Gasteiger charge is -2.49. The van der Waals surface area contributed by atoms with E-state index in [1.54, 1.807) is 0 Å². The second-order valence-electron chi connectivity index (χ2n) is 5.77. The van der Waals surface area contributed by atoms with Crippen LogP contribution in [0.1, 0.15) is 18.6 Å². The third-order valence-electron chi connectivity index (χ3n) is 4.63. The Morgan fingerprint density at radius 2 is 2.05 bits per heavy atom. The molecule has 3 nitrogen and oxygen atoms in total. The van der Waals surface area contributed by atoms with Crippen molar-refractivity contribution in [1.82, 2.24) is 4.90 Å². The average molecular weight is 322 g/mol. The number of aliphatic hydroxyl groups is 1. The van der Waals surface area contributed by atoms with Gasteiger partial charge in [0.2, 0.25) is 0 Å². The lowest BCUT2D eigenvalue weighted by atomic mass is 9.74. The first kappa shape index (κ1) is 11.9. The van der Waals surface area contributed by atoms with Gasteiger partial charge in [-0.05, 0) is 56.1 Å². The van der Waals surface area contributed by atoms with Crippen LogP contribution in [-0.2, 0) is 5.60 Å². The first-order chi connectivity index (χ1) is 9.15. The fraction of sp³-hybridized carbons (Fsp3) is 0.467. The molecule has 2 bridgehead atoms. The van der Waals surface area contributed by atoms with E-state index in [1.165, 1.54) is 0 Å². The van der Waals surface area contributed by atoms with Crippen molar-refractivity contribution in [2.75, 3.05) is 19.6 Å². The summed E-state index contributed by atoms with van der Waals surface area (Å²) in [6, 6.07) is 7.96. The highest BCUT2D eigenvalue weighted by Gasteiger charge is 2.48. The summed E-state index contributed by atoms with van der Waals surface area (Å²) in [7, 11) is 0. The molecule has 1 atom stereocenters. The fourth-order valence-corrected chi connectivity index (χ4v) is 3.92. The van der Waals surface area contributed by atoms with Crippen molar-refractivity contribution < 1.29 is 9.52 Å². The first-order valence-corrected chi connectivity index (χ1v) is 7.59. The molecular weight excluding hydrogens is 306 g/mol. The molecule has 1 aromatic carbocycles. The third-order valence-corrected chi connectivity index (χ3v) is 5.13. The summed E-state index contributed by atoms with van der Waals surface area (Å²) in [5.41, 5.74) is 0.0465. The van der Waals surface area contributed by atoms with Crippen molar-refractivity contribution in [2.45, 2.75) is 18.4 Å². The standard InChI is InChI=1S/C15H16BrNO2/c16-12-1-2-13-10(7-12)8-14(19-13)15(18)9-17-5-3-11(15)4-6-17/h1-2,7-8,11,18H,3-6,9H2. The molecule has 5 rings (SSSR count). The van der Waals surface area contributed by atoms with Gasteiger partial charge in [-0.25, -0.2) is 0 Å². The van der Waals surface area contributed by atoms with E-state index >= 15 is 0 Å². The van der Waals surface area contributed by atoms with E-state index in [4.69, 9.17) is 4.42 Å². The van der Waals surface area contributed by atoms with Crippen LogP contribution in [0.5, 0.6) is 0 Å². The minimum Gasteiger partial charge on any atom is -0.458 e. The zero-order valence-electron chi connectivity index (χ0n) is 10.6. The Morgan fingerprint density at radius 1 is 1.26 bits per heavy atom. The molecule has 2 aromatic rings.